The van der Waals surface area contributed by atoms with E-state index in [1.807, 2.05) is 19.9 Å². The van der Waals surface area contributed by atoms with Crippen molar-refractivity contribution < 1.29 is 13.2 Å². The summed E-state index contributed by atoms with van der Waals surface area (Å²) in [4.78, 5) is 11.9. The van der Waals surface area contributed by atoms with E-state index in [2.05, 4.69) is 21.2 Å². The van der Waals surface area contributed by atoms with Gasteiger partial charge in [0.1, 0.15) is 0 Å². The maximum absolute atomic E-state index is 11.9. The van der Waals surface area contributed by atoms with Gasteiger partial charge < -0.3 is 5.32 Å². The molecule has 0 unspecified atom stereocenters. The van der Waals surface area contributed by atoms with Gasteiger partial charge in [-0.2, -0.15) is 4.31 Å². The number of nitrogens with one attached hydrogen (secondary N) is 1. The number of sulfonamides is 1. The summed E-state index contributed by atoms with van der Waals surface area (Å²) in [5.41, 5.74) is 0.577. The Kier molecular flexibility index (Phi) is 6.83. The molecule has 1 amide bonds. The van der Waals surface area contributed by atoms with Crippen LogP contribution in [0.25, 0.3) is 0 Å². The van der Waals surface area contributed by atoms with E-state index in [1.54, 1.807) is 18.2 Å². The minimum absolute atomic E-state index is 0.0826. The van der Waals surface area contributed by atoms with E-state index >= 15 is 0 Å². The second-order valence-corrected chi connectivity index (χ2v) is 7.94. The van der Waals surface area contributed by atoms with Gasteiger partial charge in [-0.05, 0) is 38.5 Å². The van der Waals surface area contributed by atoms with E-state index in [1.165, 1.54) is 10.6 Å². The molecule has 0 aromatic heterocycles. The quantitative estimate of drug-likeness (QED) is 0.742. The minimum atomic E-state index is -3.21. The molecule has 0 aliphatic rings. The number of carbonyl (C=O) groups excluding carboxylic acids is 1. The van der Waals surface area contributed by atoms with Crippen molar-refractivity contribution in [3.8, 4) is 0 Å². The number of carbonyl (C=O) groups is 1. The van der Waals surface area contributed by atoms with E-state index < -0.39 is 10.0 Å². The second-order valence-electron chi connectivity index (χ2n) is 5.09. The first-order chi connectivity index (χ1) is 9.71. The zero-order chi connectivity index (χ0) is 16.0. The van der Waals surface area contributed by atoms with E-state index in [4.69, 9.17) is 0 Å². The fraction of sp³-hybridized carbons (Fsp3) is 0.500. The Morgan fingerprint density at radius 3 is 2.57 bits per heavy atom. The summed E-state index contributed by atoms with van der Waals surface area (Å²) < 4.78 is 25.5. The van der Waals surface area contributed by atoms with Gasteiger partial charge in [0.15, 0.2) is 0 Å². The molecule has 0 radical (unpaired) electrons. The van der Waals surface area contributed by atoms with Gasteiger partial charge in [0.25, 0.3) is 5.91 Å². The van der Waals surface area contributed by atoms with Crippen LogP contribution in [0.2, 0.25) is 0 Å². The maximum atomic E-state index is 11.9. The Bertz CT molecular complexity index is 588. The van der Waals surface area contributed by atoms with Crippen molar-refractivity contribution in [1.82, 2.24) is 9.62 Å². The third kappa shape index (κ3) is 6.15. The van der Waals surface area contributed by atoms with Gasteiger partial charge in [-0.1, -0.05) is 22.0 Å². The number of nitrogens with zero attached hydrogens (tertiary/aromatic N) is 1. The lowest BCUT2D eigenvalue weighted by Gasteiger charge is -2.23. The Hall–Kier alpha value is -0.920. The molecule has 1 aromatic rings. The van der Waals surface area contributed by atoms with Crippen LogP contribution in [0.4, 0.5) is 0 Å². The highest BCUT2D eigenvalue weighted by Gasteiger charge is 2.19. The number of hydrogen-bond donors (Lipinski definition) is 1. The predicted octanol–water partition coefficient (Wildman–Crippen LogP) is 2.24. The smallest absolute Gasteiger partial charge is 0.251 e. The van der Waals surface area contributed by atoms with Crippen LogP contribution in [0.15, 0.2) is 28.7 Å². The van der Waals surface area contributed by atoms with Gasteiger partial charge >= 0.3 is 0 Å². The zero-order valence-electron chi connectivity index (χ0n) is 12.5. The lowest BCUT2D eigenvalue weighted by atomic mass is 10.2. The first kappa shape index (κ1) is 18.1. The molecule has 5 nitrogen and oxygen atoms in total. The first-order valence-electron chi connectivity index (χ1n) is 6.72. The summed E-state index contributed by atoms with van der Waals surface area (Å²) in [6.45, 7) is 4.50. The van der Waals surface area contributed by atoms with E-state index in [0.29, 0.717) is 25.1 Å². The summed E-state index contributed by atoms with van der Waals surface area (Å²) in [6, 6.07) is 7.04. The monoisotopic (exact) mass is 376 g/mol. The molecule has 0 heterocycles. The van der Waals surface area contributed by atoms with Crippen LogP contribution in [0.3, 0.4) is 0 Å². The van der Waals surface area contributed by atoms with Crippen LogP contribution >= 0.6 is 15.9 Å². The van der Waals surface area contributed by atoms with Crippen LogP contribution in [0.5, 0.6) is 0 Å². The third-order valence-electron chi connectivity index (χ3n) is 2.93. The van der Waals surface area contributed by atoms with Crippen molar-refractivity contribution in [2.75, 3.05) is 19.3 Å². The van der Waals surface area contributed by atoms with Crippen LogP contribution in [-0.2, 0) is 10.0 Å². The molecule has 0 spiro atoms. The van der Waals surface area contributed by atoms with Crippen molar-refractivity contribution in [2.24, 2.45) is 0 Å². The fourth-order valence-electron chi connectivity index (χ4n) is 1.98. The maximum Gasteiger partial charge on any atom is 0.251 e. The molecule has 118 valence electrons. The summed E-state index contributed by atoms with van der Waals surface area (Å²) >= 11 is 3.32. The zero-order valence-corrected chi connectivity index (χ0v) is 14.9. The SMILES string of the molecule is CC(C)N(CCCNC(=O)c1cccc(Br)c1)S(C)(=O)=O. The van der Waals surface area contributed by atoms with E-state index in [9.17, 15) is 13.2 Å². The van der Waals surface area contributed by atoms with Gasteiger partial charge in [-0.3, -0.25) is 4.79 Å². The average molecular weight is 377 g/mol. The van der Waals surface area contributed by atoms with Gasteiger partial charge in [0, 0.05) is 29.2 Å². The van der Waals surface area contributed by atoms with Gasteiger partial charge in [-0.25, -0.2) is 8.42 Å². The molecule has 0 aliphatic heterocycles. The molecular formula is C14H21BrN2O3S. The molecule has 1 rings (SSSR count). The summed E-state index contributed by atoms with van der Waals surface area (Å²) in [6.07, 6.45) is 1.78. The molecule has 0 fully saturated rings. The molecule has 0 atom stereocenters. The largest absolute Gasteiger partial charge is 0.352 e. The predicted molar refractivity (Wildman–Crippen MR) is 87.8 cm³/mol. The van der Waals surface area contributed by atoms with Crippen LogP contribution in [0.1, 0.15) is 30.6 Å². The molecule has 0 saturated heterocycles. The Morgan fingerprint density at radius 1 is 1.38 bits per heavy atom. The molecule has 0 saturated carbocycles. The molecular weight excluding hydrogens is 356 g/mol. The average Bonchev–Trinajstić information content (AvgIpc) is 2.36. The highest BCUT2D eigenvalue weighted by molar-refractivity contribution is 9.10. The minimum Gasteiger partial charge on any atom is -0.352 e. The summed E-state index contributed by atoms with van der Waals surface area (Å²) in [5, 5.41) is 2.79. The first-order valence-corrected chi connectivity index (χ1v) is 9.36. The molecule has 1 aromatic carbocycles. The number of rotatable bonds is 7. The fourth-order valence-corrected chi connectivity index (χ4v) is 3.60. The Morgan fingerprint density at radius 2 is 2.05 bits per heavy atom. The van der Waals surface area contributed by atoms with Crippen LogP contribution in [0, 0.1) is 0 Å². The van der Waals surface area contributed by atoms with Crippen molar-refractivity contribution in [3.05, 3.63) is 34.3 Å². The number of amides is 1. The van der Waals surface area contributed by atoms with E-state index in [0.717, 1.165) is 4.47 Å². The van der Waals surface area contributed by atoms with Crippen molar-refractivity contribution in [2.45, 2.75) is 26.3 Å². The number of benzene rings is 1. The topological polar surface area (TPSA) is 66.5 Å². The van der Waals surface area contributed by atoms with Gasteiger partial charge in [0.05, 0.1) is 6.26 Å². The Labute approximate surface area is 134 Å². The van der Waals surface area contributed by atoms with Crippen LogP contribution in [-0.4, -0.2) is 44.0 Å². The second kappa shape index (κ2) is 7.91. The van der Waals surface area contributed by atoms with Crippen molar-refractivity contribution >= 4 is 31.9 Å². The standard InChI is InChI=1S/C14H21BrN2O3S/c1-11(2)17(21(3,19)20)9-5-8-16-14(18)12-6-4-7-13(15)10-12/h4,6-7,10-11H,5,8-9H2,1-3H3,(H,16,18). The van der Waals surface area contributed by atoms with Gasteiger partial charge in [0.2, 0.25) is 10.0 Å². The highest BCUT2D eigenvalue weighted by atomic mass is 79.9. The van der Waals surface area contributed by atoms with Crippen LogP contribution < -0.4 is 5.32 Å². The molecule has 21 heavy (non-hydrogen) atoms. The van der Waals surface area contributed by atoms with Gasteiger partial charge in [-0.15, -0.1) is 0 Å². The molecule has 7 heteroatoms. The summed E-state index contributed by atoms with van der Waals surface area (Å²) in [7, 11) is -3.21. The third-order valence-corrected chi connectivity index (χ3v) is 4.88. The lowest BCUT2D eigenvalue weighted by molar-refractivity contribution is 0.0952. The molecule has 1 N–H and O–H groups in total. The Balaban J connectivity index is 2.45. The van der Waals surface area contributed by atoms with Crippen molar-refractivity contribution in [1.29, 1.82) is 0 Å². The summed E-state index contributed by atoms with van der Waals surface area (Å²) in [5.74, 6) is -0.160. The highest BCUT2D eigenvalue weighted by Crippen LogP contribution is 2.11. The molecule has 0 aliphatic carbocycles. The molecule has 0 bridgehead atoms. The number of hydrogen-bond acceptors (Lipinski definition) is 3. The van der Waals surface area contributed by atoms with Crippen molar-refractivity contribution in [3.63, 3.8) is 0 Å². The lowest BCUT2D eigenvalue weighted by Crippen LogP contribution is -2.38. The van der Waals surface area contributed by atoms with E-state index in [-0.39, 0.29) is 11.9 Å². The normalized spacial score (nSPS) is 11.9. The number of halogens is 1.